The lowest BCUT2D eigenvalue weighted by atomic mass is 9.73. The molecule has 0 aliphatic heterocycles. The molecule has 2 aliphatic carbocycles. The van der Waals surface area contributed by atoms with E-state index in [9.17, 15) is 0 Å². The highest BCUT2D eigenvalue weighted by molar-refractivity contribution is 5.00. The molecule has 0 spiro atoms. The Balaban J connectivity index is 2.08. The van der Waals surface area contributed by atoms with Crippen molar-refractivity contribution in [1.82, 2.24) is 0 Å². The molecule has 0 amide bonds. The van der Waals surface area contributed by atoms with E-state index >= 15 is 0 Å². The van der Waals surface area contributed by atoms with Crippen LogP contribution in [0.2, 0.25) is 0 Å². The molecule has 0 aromatic rings. The normalized spacial score (nSPS) is 48.7. The highest BCUT2D eigenvalue weighted by atomic mass is 14.7. The lowest BCUT2D eigenvalue weighted by Crippen LogP contribution is -2.35. The summed E-state index contributed by atoms with van der Waals surface area (Å²) < 4.78 is 0. The summed E-state index contributed by atoms with van der Waals surface area (Å²) in [5.41, 5.74) is 11.6. The summed E-state index contributed by atoms with van der Waals surface area (Å²) in [6, 6.07) is 0. The minimum Gasteiger partial charge on any atom is -0.330 e. The van der Waals surface area contributed by atoms with E-state index in [0.717, 1.165) is 42.7 Å². The molecule has 2 saturated carbocycles. The predicted octanol–water partition coefficient (Wildman–Crippen LogP) is 1.20. The van der Waals surface area contributed by atoms with Gasteiger partial charge >= 0.3 is 0 Å². The zero-order valence-corrected chi connectivity index (χ0v) is 8.58. The van der Waals surface area contributed by atoms with Gasteiger partial charge in [0.15, 0.2) is 0 Å². The standard InChI is InChI=1S/C11H22N2/c1-2-9-10-4-7(11(9)6-13)3-8(10)5-12/h7-11H,2-6,12-13H2,1H3. The van der Waals surface area contributed by atoms with Gasteiger partial charge in [-0.1, -0.05) is 13.3 Å². The smallest absolute Gasteiger partial charge is 0.00435 e. The van der Waals surface area contributed by atoms with E-state index in [1.54, 1.807) is 0 Å². The van der Waals surface area contributed by atoms with Crippen LogP contribution in [0.15, 0.2) is 0 Å². The van der Waals surface area contributed by atoms with Crippen LogP contribution in [0.5, 0.6) is 0 Å². The largest absolute Gasteiger partial charge is 0.330 e. The SMILES string of the molecule is CCC1C(CN)C2CC(CN)C1C2. The molecule has 0 aromatic heterocycles. The maximum Gasteiger partial charge on any atom is -0.00435 e. The van der Waals surface area contributed by atoms with E-state index in [1.807, 2.05) is 0 Å². The Bertz CT molecular complexity index is 181. The lowest BCUT2D eigenvalue weighted by Gasteiger charge is -2.34. The molecule has 0 saturated heterocycles. The van der Waals surface area contributed by atoms with Crippen LogP contribution in [0.1, 0.15) is 26.2 Å². The quantitative estimate of drug-likeness (QED) is 0.689. The Morgan fingerprint density at radius 1 is 1.08 bits per heavy atom. The van der Waals surface area contributed by atoms with Gasteiger partial charge in [0, 0.05) is 0 Å². The van der Waals surface area contributed by atoms with E-state index in [1.165, 1.54) is 19.3 Å². The van der Waals surface area contributed by atoms with Gasteiger partial charge in [0.1, 0.15) is 0 Å². The molecule has 0 heterocycles. The van der Waals surface area contributed by atoms with Gasteiger partial charge in [0.05, 0.1) is 0 Å². The van der Waals surface area contributed by atoms with E-state index in [0.29, 0.717) is 0 Å². The molecular formula is C11H22N2. The van der Waals surface area contributed by atoms with Crippen molar-refractivity contribution in [3.8, 4) is 0 Å². The number of hydrogen-bond donors (Lipinski definition) is 2. The fourth-order valence-electron chi connectivity index (χ4n) is 3.99. The summed E-state index contributed by atoms with van der Waals surface area (Å²) in [5.74, 6) is 4.34. The molecule has 0 aromatic carbocycles. The molecule has 2 fully saturated rings. The van der Waals surface area contributed by atoms with Crippen LogP contribution >= 0.6 is 0 Å². The maximum absolute atomic E-state index is 5.84. The average Bonchev–Trinajstić information content (AvgIpc) is 2.72. The van der Waals surface area contributed by atoms with Crippen LogP contribution in [0.25, 0.3) is 0 Å². The van der Waals surface area contributed by atoms with Gasteiger partial charge in [-0.2, -0.15) is 0 Å². The Hall–Kier alpha value is -0.0800. The van der Waals surface area contributed by atoms with Gasteiger partial charge in [-0.3, -0.25) is 0 Å². The van der Waals surface area contributed by atoms with Crippen LogP contribution in [-0.2, 0) is 0 Å². The fraction of sp³-hybridized carbons (Fsp3) is 1.00. The van der Waals surface area contributed by atoms with E-state index in [4.69, 9.17) is 11.5 Å². The molecule has 2 aliphatic rings. The minimum atomic E-state index is 0.817. The third-order valence-corrected chi connectivity index (χ3v) is 4.54. The van der Waals surface area contributed by atoms with Gasteiger partial charge in [-0.05, 0) is 55.5 Å². The number of nitrogens with two attached hydrogens (primary N) is 2. The van der Waals surface area contributed by atoms with E-state index in [-0.39, 0.29) is 0 Å². The first-order chi connectivity index (χ1) is 6.31. The monoisotopic (exact) mass is 182 g/mol. The molecule has 5 atom stereocenters. The van der Waals surface area contributed by atoms with E-state index in [2.05, 4.69) is 6.92 Å². The topological polar surface area (TPSA) is 52.0 Å². The van der Waals surface area contributed by atoms with Crippen molar-refractivity contribution in [3.63, 3.8) is 0 Å². The van der Waals surface area contributed by atoms with Crippen LogP contribution < -0.4 is 11.5 Å². The second-order valence-electron chi connectivity index (χ2n) is 4.86. The molecule has 5 unspecified atom stereocenters. The third-order valence-electron chi connectivity index (χ3n) is 4.54. The molecule has 0 radical (unpaired) electrons. The van der Waals surface area contributed by atoms with E-state index < -0.39 is 0 Å². The van der Waals surface area contributed by atoms with Gasteiger partial charge in [-0.15, -0.1) is 0 Å². The summed E-state index contributed by atoms with van der Waals surface area (Å²) in [4.78, 5) is 0. The van der Waals surface area contributed by atoms with Crippen LogP contribution in [0.4, 0.5) is 0 Å². The zero-order valence-electron chi connectivity index (χ0n) is 8.58. The summed E-state index contributed by atoms with van der Waals surface area (Å²) in [7, 11) is 0. The average molecular weight is 182 g/mol. The number of hydrogen-bond acceptors (Lipinski definition) is 2. The van der Waals surface area contributed by atoms with Crippen LogP contribution in [-0.4, -0.2) is 13.1 Å². The molecule has 2 bridgehead atoms. The molecule has 2 nitrogen and oxygen atoms in total. The predicted molar refractivity (Wildman–Crippen MR) is 55.1 cm³/mol. The second-order valence-corrected chi connectivity index (χ2v) is 4.86. The summed E-state index contributed by atoms with van der Waals surface area (Å²) >= 11 is 0. The summed E-state index contributed by atoms with van der Waals surface area (Å²) in [5, 5.41) is 0. The van der Waals surface area contributed by atoms with Gasteiger partial charge in [-0.25, -0.2) is 0 Å². The number of fused-ring (bicyclic) bond motifs is 2. The first-order valence-corrected chi connectivity index (χ1v) is 5.71. The second kappa shape index (κ2) is 3.58. The molecular weight excluding hydrogens is 160 g/mol. The Labute approximate surface area is 81.1 Å². The highest BCUT2D eigenvalue weighted by Crippen LogP contribution is 2.55. The van der Waals surface area contributed by atoms with Crippen molar-refractivity contribution >= 4 is 0 Å². The first-order valence-electron chi connectivity index (χ1n) is 5.71. The molecule has 2 heteroatoms. The Morgan fingerprint density at radius 2 is 1.85 bits per heavy atom. The van der Waals surface area contributed by atoms with Crippen molar-refractivity contribution in [3.05, 3.63) is 0 Å². The highest BCUT2D eigenvalue weighted by Gasteiger charge is 2.50. The van der Waals surface area contributed by atoms with Crippen molar-refractivity contribution in [2.75, 3.05) is 13.1 Å². The maximum atomic E-state index is 5.84. The Morgan fingerprint density at radius 3 is 2.38 bits per heavy atom. The van der Waals surface area contributed by atoms with Gasteiger partial charge < -0.3 is 11.5 Å². The third kappa shape index (κ3) is 1.31. The Kier molecular flexibility index (Phi) is 2.61. The number of rotatable bonds is 3. The van der Waals surface area contributed by atoms with Gasteiger partial charge in [0.2, 0.25) is 0 Å². The summed E-state index contributed by atoms with van der Waals surface area (Å²) in [6.07, 6.45) is 4.08. The van der Waals surface area contributed by atoms with Crippen molar-refractivity contribution < 1.29 is 0 Å². The fourth-order valence-corrected chi connectivity index (χ4v) is 3.99. The lowest BCUT2D eigenvalue weighted by molar-refractivity contribution is 0.165. The van der Waals surface area contributed by atoms with Gasteiger partial charge in [0.25, 0.3) is 0 Å². The molecule has 13 heavy (non-hydrogen) atoms. The van der Waals surface area contributed by atoms with Crippen molar-refractivity contribution in [2.24, 2.45) is 41.1 Å². The van der Waals surface area contributed by atoms with Crippen LogP contribution in [0, 0.1) is 29.6 Å². The minimum absolute atomic E-state index is 0.817. The summed E-state index contributed by atoms with van der Waals surface area (Å²) in [6.45, 7) is 4.10. The molecule has 2 rings (SSSR count). The molecule has 4 N–H and O–H groups in total. The van der Waals surface area contributed by atoms with Crippen LogP contribution in [0.3, 0.4) is 0 Å². The van der Waals surface area contributed by atoms with Crippen molar-refractivity contribution in [1.29, 1.82) is 0 Å². The van der Waals surface area contributed by atoms with Crippen molar-refractivity contribution in [2.45, 2.75) is 26.2 Å². The first kappa shape index (κ1) is 9.47. The molecule has 76 valence electrons. The zero-order chi connectivity index (χ0) is 9.42.